The van der Waals surface area contributed by atoms with Crippen LogP contribution >= 0.6 is 0 Å². The third-order valence-corrected chi connectivity index (χ3v) is 3.54. The fraction of sp³-hybridized carbons (Fsp3) is 0.278. The number of esters is 1. The molecular weight excluding hydrogens is 294 g/mol. The molecule has 0 aliphatic heterocycles. The number of hydrogen-bond donors (Lipinski definition) is 1. The monoisotopic (exact) mass is 315 g/mol. The normalized spacial score (nSPS) is 11.4. The summed E-state index contributed by atoms with van der Waals surface area (Å²) in [5, 5.41) is 3.35. The van der Waals surface area contributed by atoms with Crippen LogP contribution in [0.1, 0.15) is 18.0 Å². The van der Waals surface area contributed by atoms with E-state index in [0.29, 0.717) is 11.5 Å². The lowest BCUT2D eigenvalue weighted by molar-refractivity contribution is -0.140. The van der Waals surface area contributed by atoms with Gasteiger partial charge in [-0.15, -0.1) is 0 Å². The van der Waals surface area contributed by atoms with E-state index in [4.69, 9.17) is 14.2 Å². The van der Waals surface area contributed by atoms with Gasteiger partial charge in [0.1, 0.15) is 11.5 Å². The van der Waals surface area contributed by atoms with Crippen molar-refractivity contribution in [1.82, 2.24) is 0 Å². The lowest BCUT2D eigenvalue weighted by atomic mass is 10.0. The van der Waals surface area contributed by atoms with Crippen molar-refractivity contribution in [2.45, 2.75) is 12.5 Å². The molecule has 1 atom stereocenters. The number of benzene rings is 2. The Morgan fingerprint density at radius 3 is 2.39 bits per heavy atom. The van der Waals surface area contributed by atoms with Gasteiger partial charge in [0.25, 0.3) is 0 Å². The summed E-state index contributed by atoms with van der Waals surface area (Å²) in [7, 11) is 4.59. The molecule has 0 spiro atoms. The number of hydrogen-bond acceptors (Lipinski definition) is 5. The quantitative estimate of drug-likeness (QED) is 0.793. The summed E-state index contributed by atoms with van der Waals surface area (Å²) in [6.45, 7) is 0. The Morgan fingerprint density at radius 1 is 1.04 bits per heavy atom. The minimum absolute atomic E-state index is 0.217. The summed E-state index contributed by atoms with van der Waals surface area (Å²) >= 11 is 0. The van der Waals surface area contributed by atoms with Crippen molar-refractivity contribution in [1.29, 1.82) is 0 Å². The van der Waals surface area contributed by atoms with Crippen LogP contribution in [0.2, 0.25) is 0 Å². The third-order valence-electron chi connectivity index (χ3n) is 3.54. The number of carbonyl (C=O) groups excluding carboxylic acids is 1. The Hall–Kier alpha value is -2.69. The lowest BCUT2D eigenvalue weighted by Crippen LogP contribution is -2.16. The van der Waals surface area contributed by atoms with Crippen molar-refractivity contribution in [2.75, 3.05) is 26.6 Å². The molecular formula is C18H21NO4. The van der Waals surface area contributed by atoms with Crippen LogP contribution in [-0.4, -0.2) is 27.3 Å². The number of rotatable bonds is 7. The molecule has 23 heavy (non-hydrogen) atoms. The number of anilines is 1. The van der Waals surface area contributed by atoms with Gasteiger partial charge in [-0.3, -0.25) is 4.79 Å². The van der Waals surface area contributed by atoms with Gasteiger partial charge < -0.3 is 19.5 Å². The van der Waals surface area contributed by atoms with Crippen molar-refractivity contribution >= 4 is 11.7 Å². The molecule has 0 amide bonds. The van der Waals surface area contributed by atoms with Crippen molar-refractivity contribution in [3.63, 3.8) is 0 Å². The van der Waals surface area contributed by atoms with Crippen molar-refractivity contribution in [3.8, 4) is 11.5 Å². The van der Waals surface area contributed by atoms with E-state index in [2.05, 4.69) is 5.32 Å². The standard InChI is InChI=1S/C18H21NO4/c1-21-14-9-10-15(17(11-14)22-2)19-16(12-18(20)23-3)13-7-5-4-6-8-13/h4-11,16,19H,12H2,1-3H3/t16-/m0/s1. The maximum absolute atomic E-state index is 11.7. The first-order valence-electron chi connectivity index (χ1n) is 7.28. The molecule has 2 aromatic carbocycles. The molecule has 0 aliphatic carbocycles. The van der Waals surface area contributed by atoms with Gasteiger partial charge >= 0.3 is 5.97 Å². The van der Waals surface area contributed by atoms with Gasteiger partial charge in [0.2, 0.25) is 0 Å². The van der Waals surface area contributed by atoms with E-state index >= 15 is 0 Å². The average Bonchev–Trinajstić information content (AvgIpc) is 2.61. The largest absolute Gasteiger partial charge is 0.497 e. The molecule has 0 aliphatic rings. The van der Waals surface area contributed by atoms with Crippen LogP contribution in [0.15, 0.2) is 48.5 Å². The number of nitrogens with one attached hydrogen (secondary N) is 1. The van der Waals surface area contributed by atoms with Crippen LogP contribution in [0, 0.1) is 0 Å². The van der Waals surface area contributed by atoms with Gasteiger partial charge in [0.15, 0.2) is 0 Å². The van der Waals surface area contributed by atoms with Gasteiger partial charge in [-0.05, 0) is 17.7 Å². The zero-order valence-corrected chi connectivity index (χ0v) is 13.5. The molecule has 2 aromatic rings. The van der Waals surface area contributed by atoms with Crippen LogP contribution < -0.4 is 14.8 Å². The number of carbonyl (C=O) groups is 1. The van der Waals surface area contributed by atoms with E-state index in [9.17, 15) is 4.79 Å². The average molecular weight is 315 g/mol. The van der Waals surface area contributed by atoms with Gasteiger partial charge in [0.05, 0.1) is 39.5 Å². The van der Waals surface area contributed by atoms with Crippen LogP contribution in [0.3, 0.4) is 0 Å². The predicted octanol–water partition coefficient (Wildman–Crippen LogP) is 3.42. The predicted molar refractivity (Wildman–Crippen MR) is 89.0 cm³/mol. The highest BCUT2D eigenvalue weighted by Gasteiger charge is 2.18. The third kappa shape index (κ3) is 4.39. The zero-order chi connectivity index (χ0) is 16.7. The summed E-state index contributed by atoms with van der Waals surface area (Å²) in [6.07, 6.45) is 0.218. The SMILES string of the molecule is COC(=O)C[C@H](Nc1ccc(OC)cc1OC)c1ccccc1. The number of methoxy groups -OCH3 is 3. The first-order valence-corrected chi connectivity index (χ1v) is 7.28. The van der Waals surface area contributed by atoms with E-state index in [1.807, 2.05) is 42.5 Å². The Labute approximate surface area is 136 Å². The molecule has 5 nitrogen and oxygen atoms in total. The number of ether oxygens (including phenoxy) is 3. The Bertz CT molecular complexity index is 643. The van der Waals surface area contributed by atoms with Gasteiger partial charge in [-0.2, -0.15) is 0 Å². The molecule has 0 saturated heterocycles. The molecule has 0 heterocycles. The molecule has 0 fully saturated rings. The van der Waals surface area contributed by atoms with Crippen molar-refractivity contribution < 1.29 is 19.0 Å². The molecule has 0 unspecified atom stereocenters. The van der Waals surface area contributed by atoms with Gasteiger partial charge in [-0.25, -0.2) is 0 Å². The molecule has 0 radical (unpaired) electrons. The highest BCUT2D eigenvalue weighted by atomic mass is 16.5. The topological polar surface area (TPSA) is 56.8 Å². The van der Waals surface area contributed by atoms with Crippen molar-refractivity contribution in [2.24, 2.45) is 0 Å². The van der Waals surface area contributed by atoms with Crippen LogP contribution in [0.25, 0.3) is 0 Å². The fourth-order valence-electron chi connectivity index (χ4n) is 2.29. The molecule has 122 valence electrons. The minimum Gasteiger partial charge on any atom is -0.497 e. The van der Waals surface area contributed by atoms with Crippen LogP contribution in [0.4, 0.5) is 5.69 Å². The second-order valence-electron chi connectivity index (χ2n) is 4.95. The Morgan fingerprint density at radius 2 is 1.78 bits per heavy atom. The molecule has 0 saturated carbocycles. The van der Waals surface area contributed by atoms with Gasteiger partial charge in [0, 0.05) is 6.07 Å². The van der Waals surface area contributed by atoms with Crippen molar-refractivity contribution in [3.05, 3.63) is 54.1 Å². The second kappa shape index (κ2) is 8.08. The summed E-state index contributed by atoms with van der Waals surface area (Å²) in [5.74, 6) is 1.07. The van der Waals surface area contributed by atoms with Crippen LogP contribution in [0.5, 0.6) is 11.5 Å². The maximum Gasteiger partial charge on any atom is 0.307 e. The second-order valence-corrected chi connectivity index (χ2v) is 4.95. The Balaban J connectivity index is 2.28. The molecule has 0 aromatic heterocycles. The Kier molecular flexibility index (Phi) is 5.86. The highest BCUT2D eigenvalue weighted by molar-refractivity contribution is 5.71. The van der Waals surface area contributed by atoms with Crippen LogP contribution in [-0.2, 0) is 9.53 Å². The summed E-state index contributed by atoms with van der Waals surface area (Å²) in [4.78, 5) is 11.7. The lowest BCUT2D eigenvalue weighted by Gasteiger charge is -2.21. The first-order chi connectivity index (χ1) is 11.2. The zero-order valence-electron chi connectivity index (χ0n) is 13.5. The van der Waals surface area contributed by atoms with E-state index in [0.717, 1.165) is 11.3 Å². The molecule has 2 rings (SSSR count). The highest BCUT2D eigenvalue weighted by Crippen LogP contribution is 2.33. The molecule has 1 N–H and O–H groups in total. The van der Waals surface area contributed by atoms with E-state index in [1.165, 1.54) is 7.11 Å². The maximum atomic E-state index is 11.7. The van der Waals surface area contributed by atoms with E-state index in [-0.39, 0.29) is 18.4 Å². The van der Waals surface area contributed by atoms with E-state index < -0.39 is 0 Å². The summed E-state index contributed by atoms with van der Waals surface area (Å²) in [5.41, 5.74) is 1.78. The molecule has 5 heteroatoms. The van der Waals surface area contributed by atoms with E-state index in [1.54, 1.807) is 20.3 Å². The summed E-state index contributed by atoms with van der Waals surface area (Å²) < 4.78 is 15.4. The smallest absolute Gasteiger partial charge is 0.307 e. The minimum atomic E-state index is -0.279. The molecule has 0 bridgehead atoms. The fourth-order valence-corrected chi connectivity index (χ4v) is 2.29. The first kappa shape index (κ1) is 16.7. The van der Waals surface area contributed by atoms with Gasteiger partial charge in [-0.1, -0.05) is 30.3 Å². The summed E-state index contributed by atoms with van der Waals surface area (Å²) in [6, 6.07) is 15.0.